The van der Waals surface area contributed by atoms with Crippen molar-refractivity contribution in [3.05, 3.63) is 21.3 Å². The normalized spacial score (nSPS) is 15.9. The number of thiophene rings is 1. The molecule has 0 amide bonds. The molecule has 1 fully saturated rings. The molecule has 0 unspecified atom stereocenters. The first-order chi connectivity index (χ1) is 9.47. The highest BCUT2D eigenvalue weighted by molar-refractivity contribution is 7.87. The summed E-state index contributed by atoms with van der Waals surface area (Å²) in [6.45, 7) is 1.66. The smallest absolute Gasteiger partial charge is 0.279 e. The third-order valence-electron chi connectivity index (χ3n) is 3.13. The minimum atomic E-state index is -3.42. The molecule has 1 aliphatic rings. The molecule has 1 aliphatic carbocycles. The van der Waals surface area contributed by atoms with Crippen LogP contribution >= 0.6 is 22.9 Å². The molecule has 2 N–H and O–H groups in total. The molecule has 1 heterocycles. The molecule has 0 bridgehead atoms. The molecule has 2 rings (SSSR count). The van der Waals surface area contributed by atoms with E-state index in [9.17, 15) is 8.42 Å². The van der Waals surface area contributed by atoms with Crippen LogP contribution in [0.1, 0.15) is 24.1 Å². The first-order valence-corrected chi connectivity index (χ1v) is 9.29. The predicted octanol–water partition coefficient (Wildman–Crippen LogP) is 1.81. The third-order valence-corrected chi connectivity index (χ3v) is 5.87. The quantitative estimate of drug-likeness (QED) is 0.676. The van der Waals surface area contributed by atoms with Gasteiger partial charge in [-0.2, -0.15) is 17.4 Å². The number of nitrogens with one attached hydrogen (secondary N) is 2. The molecule has 0 saturated heterocycles. The van der Waals surface area contributed by atoms with Crippen LogP contribution in [0.4, 0.5) is 0 Å². The van der Waals surface area contributed by atoms with E-state index in [2.05, 4.69) is 10.0 Å². The van der Waals surface area contributed by atoms with Crippen molar-refractivity contribution in [2.24, 2.45) is 0 Å². The van der Waals surface area contributed by atoms with Crippen LogP contribution in [0.3, 0.4) is 0 Å². The SMILES string of the molecule is CN(CCCNC1CC1)S(=O)(=O)NCc1ccc(Cl)s1. The molecule has 1 saturated carbocycles. The zero-order chi connectivity index (χ0) is 14.6. The van der Waals surface area contributed by atoms with Crippen LogP contribution in [0.15, 0.2) is 12.1 Å². The van der Waals surface area contributed by atoms with Gasteiger partial charge >= 0.3 is 0 Å². The minimum Gasteiger partial charge on any atom is -0.314 e. The van der Waals surface area contributed by atoms with Gasteiger partial charge in [-0.1, -0.05) is 11.6 Å². The second kappa shape index (κ2) is 7.20. The van der Waals surface area contributed by atoms with E-state index in [4.69, 9.17) is 11.6 Å². The van der Waals surface area contributed by atoms with E-state index in [1.807, 2.05) is 6.07 Å². The molecule has 1 aromatic rings. The van der Waals surface area contributed by atoms with E-state index in [1.54, 1.807) is 13.1 Å². The van der Waals surface area contributed by atoms with E-state index in [-0.39, 0.29) is 6.54 Å². The summed E-state index contributed by atoms with van der Waals surface area (Å²) >= 11 is 7.19. The van der Waals surface area contributed by atoms with E-state index in [0.29, 0.717) is 16.9 Å². The van der Waals surface area contributed by atoms with Gasteiger partial charge in [0.1, 0.15) is 0 Å². The van der Waals surface area contributed by atoms with E-state index in [0.717, 1.165) is 17.8 Å². The lowest BCUT2D eigenvalue weighted by molar-refractivity contribution is 0.444. The van der Waals surface area contributed by atoms with Crippen molar-refractivity contribution in [2.75, 3.05) is 20.1 Å². The van der Waals surface area contributed by atoms with Crippen molar-refractivity contribution in [3.63, 3.8) is 0 Å². The van der Waals surface area contributed by atoms with Gasteiger partial charge in [-0.3, -0.25) is 0 Å². The Morgan fingerprint density at radius 1 is 1.45 bits per heavy atom. The number of hydrogen-bond donors (Lipinski definition) is 2. The summed E-state index contributed by atoms with van der Waals surface area (Å²) < 4.78 is 28.6. The Labute approximate surface area is 129 Å². The van der Waals surface area contributed by atoms with Crippen molar-refractivity contribution < 1.29 is 8.42 Å². The second-order valence-corrected chi connectivity index (χ2v) is 8.60. The highest BCUT2D eigenvalue weighted by atomic mass is 35.5. The Bertz CT molecular complexity index is 529. The molecular formula is C12H20ClN3O2S2. The van der Waals surface area contributed by atoms with Gasteiger partial charge in [-0.25, -0.2) is 0 Å². The van der Waals surface area contributed by atoms with Crippen LogP contribution in [0.5, 0.6) is 0 Å². The van der Waals surface area contributed by atoms with Crippen molar-refractivity contribution in [2.45, 2.75) is 31.8 Å². The summed E-state index contributed by atoms with van der Waals surface area (Å²) in [5.41, 5.74) is 0. The van der Waals surface area contributed by atoms with Gasteiger partial charge in [0, 0.05) is 31.1 Å². The fraction of sp³-hybridized carbons (Fsp3) is 0.667. The summed E-state index contributed by atoms with van der Waals surface area (Å²) in [6.07, 6.45) is 3.32. The van der Waals surface area contributed by atoms with Gasteiger partial charge < -0.3 is 5.32 Å². The second-order valence-electron chi connectivity index (χ2n) is 4.94. The summed E-state index contributed by atoms with van der Waals surface area (Å²) in [6, 6.07) is 4.26. The van der Waals surface area contributed by atoms with Gasteiger partial charge in [0.2, 0.25) is 0 Å². The summed E-state index contributed by atoms with van der Waals surface area (Å²) in [7, 11) is -1.82. The number of nitrogens with zero attached hydrogens (tertiary/aromatic N) is 1. The largest absolute Gasteiger partial charge is 0.314 e. The molecule has 0 spiro atoms. The summed E-state index contributed by atoms with van der Waals surface area (Å²) in [5.74, 6) is 0. The molecular weight excluding hydrogens is 318 g/mol. The maximum absolute atomic E-state index is 12.0. The van der Waals surface area contributed by atoms with Crippen LogP contribution in [0.2, 0.25) is 4.34 Å². The molecule has 1 aromatic heterocycles. The lowest BCUT2D eigenvalue weighted by Gasteiger charge is -2.17. The van der Waals surface area contributed by atoms with E-state index >= 15 is 0 Å². The van der Waals surface area contributed by atoms with Gasteiger partial charge in [0.15, 0.2) is 0 Å². The summed E-state index contributed by atoms with van der Waals surface area (Å²) in [4.78, 5) is 0.905. The molecule has 5 nitrogen and oxygen atoms in total. The lowest BCUT2D eigenvalue weighted by atomic mass is 10.4. The molecule has 0 aliphatic heterocycles. The van der Waals surface area contributed by atoms with Crippen molar-refractivity contribution in [1.82, 2.24) is 14.3 Å². The third kappa shape index (κ3) is 5.31. The summed E-state index contributed by atoms with van der Waals surface area (Å²) in [5, 5.41) is 3.37. The fourth-order valence-electron chi connectivity index (χ4n) is 1.73. The topological polar surface area (TPSA) is 61.4 Å². The molecule has 0 radical (unpaired) electrons. The lowest BCUT2D eigenvalue weighted by Crippen LogP contribution is -2.39. The zero-order valence-corrected chi connectivity index (χ0v) is 13.8. The van der Waals surface area contributed by atoms with Gasteiger partial charge in [-0.15, -0.1) is 11.3 Å². The average Bonchev–Trinajstić information content (AvgIpc) is 3.13. The number of rotatable bonds is 9. The molecule has 0 atom stereocenters. The number of halogens is 1. The van der Waals surface area contributed by atoms with Crippen molar-refractivity contribution in [3.8, 4) is 0 Å². The van der Waals surface area contributed by atoms with Crippen LogP contribution in [-0.4, -0.2) is 38.9 Å². The monoisotopic (exact) mass is 337 g/mol. The van der Waals surface area contributed by atoms with Gasteiger partial charge in [-0.05, 0) is 37.9 Å². The highest BCUT2D eigenvalue weighted by Crippen LogP contribution is 2.21. The van der Waals surface area contributed by atoms with E-state index < -0.39 is 10.2 Å². The van der Waals surface area contributed by atoms with Gasteiger partial charge in [0.25, 0.3) is 10.2 Å². The van der Waals surface area contributed by atoms with Crippen LogP contribution in [0, 0.1) is 0 Å². The molecule has 0 aromatic carbocycles. The van der Waals surface area contributed by atoms with Crippen LogP contribution < -0.4 is 10.0 Å². The fourth-order valence-corrected chi connectivity index (χ4v) is 3.78. The first kappa shape index (κ1) is 16.2. The van der Waals surface area contributed by atoms with Crippen LogP contribution in [0.25, 0.3) is 0 Å². The zero-order valence-electron chi connectivity index (χ0n) is 11.4. The van der Waals surface area contributed by atoms with E-state index in [1.165, 1.54) is 28.5 Å². The Morgan fingerprint density at radius 2 is 2.20 bits per heavy atom. The molecule has 114 valence electrons. The minimum absolute atomic E-state index is 0.282. The van der Waals surface area contributed by atoms with Crippen molar-refractivity contribution >= 4 is 33.1 Å². The van der Waals surface area contributed by atoms with Crippen LogP contribution in [-0.2, 0) is 16.8 Å². The Morgan fingerprint density at radius 3 is 2.80 bits per heavy atom. The Hall–Kier alpha value is -0.180. The van der Waals surface area contributed by atoms with Crippen molar-refractivity contribution in [1.29, 1.82) is 0 Å². The maximum atomic E-state index is 12.0. The van der Waals surface area contributed by atoms with Gasteiger partial charge in [0.05, 0.1) is 4.34 Å². The maximum Gasteiger partial charge on any atom is 0.279 e. The Kier molecular flexibility index (Phi) is 5.83. The number of hydrogen-bond acceptors (Lipinski definition) is 4. The average molecular weight is 338 g/mol. The predicted molar refractivity (Wildman–Crippen MR) is 83.4 cm³/mol. The first-order valence-electron chi connectivity index (χ1n) is 6.66. The molecule has 20 heavy (non-hydrogen) atoms. The standard InChI is InChI=1S/C12H20ClN3O2S2/c1-16(8-2-7-14-10-3-4-10)20(17,18)15-9-11-5-6-12(13)19-11/h5-6,10,14-15H,2-4,7-9H2,1H3. The molecule has 8 heteroatoms. The highest BCUT2D eigenvalue weighted by Gasteiger charge is 2.20. The Balaban J connectivity index is 1.70.